The second-order valence-electron chi connectivity index (χ2n) is 3.01. The van der Waals surface area contributed by atoms with Crippen molar-refractivity contribution in [3.05, 3.63) is 54.6 Å². The molecule has 0 aliphatic carbocycles. The summed E-state index contributed by atoms with van der Waals surface area (Å²) in [5, 5.41) is 0. The summed E-state index contributed by atoms with van der Waals surface area (Å²) < 4.78 is 0. The minimum atomic E-state index is 0. The molecule has 2 aromatic rings. The largest absolute Gasteiger partial charge is 0.412 e. The van der Waals surface area contributed by atoms with Crippen molar-refractivity contribution < 1.29 is 4.84 Å². The maximum Gasteiger partial charge on any atom is 0.146 e. The average Bonchev–Trinajstić information content (AvgIpc) is 2.30. The minimum absolute atomic E-state index is 0. The number of hydrogen-bond donors (Lipinski definition) is 1. The Balaban J connectivity index is 0.00000112. The van der Waals surface area contributed by atoms with Crippen molar-refractivity contribution in [2.24, 2.45) is 5.90 Å². The summed E-state index contributed by atoms with van der Waals surface area (Å²) in [5.41, 5.74) is 2.35. The van der Waals surface area contributed by atoms with E-state index in [-0.39, 0.29) is 12.4 Å². The fourth-order valence-electron chi connectivity index (χ4n) is 1.36. The van der Waals surface area contributed by atoms with Crippen LogP contribution in [-0.2, 0) is 0 Å². The highest BCUT2D eigenvalue weighted by Gasteiger charge is 1.96. The molecule has 0 unspecified atom stereocenters. The van der Waals surface area contributed by atoms with Crippen molar-refractivity contribution >= 4 is 12.4 Å². The van der Waals surface area contributed by atoms with E-state index >= 15 is 0 Å². The molecule has 3 heteroatoms. The van der Waals surface area contributed by atoms with Crippen LogP contribution in [-0.4, -0.2) is 0 Å². The fourth-order valence-corrected chi connectivity index (χ4v) is 1.36. The van der Waals surface area contributed by atoms with E-state index in [1.807, 2.05) is 42.5 Å². The molecule has 0 heterocycles. The Morgan fingerprint density at radius 1 is 0.733 bits per heavy atom. The van der Waals surface area contributed by atoms with E-state index in [4.69, 9.17) is 5.90 Å². The Kier molecular flexibility index (Phi) is 4.16. The van der Waals surface area contributed by atoms with E-state index in [2.05, 4.69) is 17.0 Å². The van der Waals surface area contributed by atoms with Crippen LogP contribution < -0.4 is 10.7 Å². The number of benzene rings is 2. The predicted octanol–water partition coefficient (Wildman–Crippen LogP) is 3.03. The lowest BCUT2D eigenvalue weighted by atomic mass is 10.1. The van der Waals surface area contributed by atoms with E-state index in [0.717, 1.165) is 5.56 Å². The molecule has 78 valence electrons. The Labute approximate surface area is 95.0 Å². The van der Waals surface area contributed by atoms with E-state index < -0.39 is 0 Å². The first-order valence-electron chi connectivity index (χ1n) is 4.42. The van der Waals surface area contributed by atoms with Gasteiger partial charge in [0, 0.05) is 0 Å². The van der Waals surface area contributed by atoms with Crippen molar-refractivity contribution in [3.63, 3.8) is 0 Å². The first-order chi connectivity index (χ1) is 6.90. The average molecular weight is 222 g/mol. The van der Waals surface area contributed by atoms with Gasteiger partial charge in [-0.25, -0.2) is 0 Å². The molecule has 0 aliphatic heterocycles. The van der Waals surface area contributed by atoms with Gasteiger partial charge in [-0.05, 0) is 23.3 Å². The molecule has 15 heavy (non-hydrogen) atoms. The molecule has 0 fully saturated rings. The SMILES string of the molecule is Cl.NOc1ccc(-c2ccccc2)cc1. The molecule has 2 rings (SSSR count). The van der Waals surface area contributed by atoms with Crippen LogP contribution in [0, 0.1) is 0 Å². The predicted molar refractivity (Wildman–Crippen MR) is 63.9 cm³/mol. The number of nitrogens with two attached hydrogens (primary N) is 1. The van der Waals surface area contributed by atoms with Crippen LogP contribution in [0.1, 0.15) is 0 Å². The number of rotatable bonds is 2. The molecule has 2 N–H and O–H groups in total. The third-order valence-electron chi connectivity index (χ3n) is 2.10. The minimum Gasteiger partial charge on any atom is -0.412 e. The van der Waals surface area contributed by atoms with Crippen LogP contribution in [0.3, 0.4) is 0 Å². The van der Waals surface area contributed by atoms with Gasteiger partial charge in [0.15, 0.2) is 0 Å². The molecule has 0 saturated carbocycles. The molecular formula is C12H12ClNO. The van der Waals surface area contributed by atoms with Gasteiger partial charge in [0.25, 0.3) is 0 Å². The van der Waals surface area contributed by atoms with Gasteiger partial charge < -0.3 is 4.84 Å². The third kappa shape index (κ3) is 2.72. The molecule has 0 amide bonds. The molecule has 0 aliphatic rings. The molecule has 0 atom stereocenters. The van der Waals surface area contributed by atoms with Gasteiger partial charge in [-0.15, -0.1) is 12.4 Å². The molecule has 0 radical (unpaired) electrons. The van der Waals surface area contributed by atoms with Crippen LogP contribution >= 0.6 is 12.4 Å². The van der Waals surface area contributed by atoms with Gasteiger partial charge in [0.2, 0.25) is 0 Å². The molecule has 0 aromatic heterocycles. The Morgan fingerprint density at radius 2 is 1.27 bits per heavy atom. The third-order valence-corrected chi connectivity index (χ3v) is 2.10. The van der Waals surface area contributed by atoms with Crippen molar-refractivity contribution in [1.82, 2.24) is 0 Å². The highest BCUT2D eigenvalue weighted by atomic mass is 35.5. The zero-order valence-electron chi connectivity index (χ0n) is 8.09. The fraction of sp³-hybridized carbons (Fsp3) is 0. The summed E-state index contributed by atoms with van der Waals surface area (Å²) in [5.74, 6) is 5.71. The summed E-state index contributed by atoms with van der Waals surface area (Å²) in [7, 11) is 0. The van der Waals surface area contributed by atoms with Crippen LogP contribution in [0.25, 0.3) is 11.1 Å². The zero-order valence-corrected chi connectivity index (χ0v) is 8.91. The van der Waals surface area contributed by atoms with Gasteiger partial charge >= 0.3 is 0 Å². The first-order valence-corrected chi connectivity index (χ1v) is 4.42. The van der Waals surface area contributed by atoms with E-state index in [1.165, 1.54) is 5.56 Å². The normalized spacial score (nSPS) is 9.13. The maximum absolute atomic E-state index is 5.04. The quantitative estimate of drug-likeness (QED) is 0.792. The Hall–Kier alpha value is -1.51. The number of halogens is 1. The summed E-state index contributed by atoms with van der Waals surface area (Å²) in [6.45, 7) is 0. The van der Waals surface area contributed by atoms with Crippen LogP contribution in [0.5, 0.6) is 5.75 Å². The lowest BCUT2D eigenvalue weighted by Gasteiger charge is -2.02. The maximum atomic E-state index is 5.04. The van der Waals surface area contributed by atoms with Crippen LogP contribution in [0.15, 0.2) is 54.6 Å². The van der Waals surface area contributed by atoms with Crippen LogP contribution in [0.4, 0.5) is 0 Å². The highest BCUT2D eigenvalue weighted by Crippen LogP contribution is 2.21. The van der Waals surface area contributed by atoms with Crippen molar-refractivity contribution in [1.29, 1.82) is 0 Å². The van der Waals surface area contributed by atoms with E-state index in [9.17, 15) is 0 Å². The lowest BCUT2D eigenvalue weighted by molar-refractivity contribution is 0.334. The van der Waals surface area contributed by atoms with Gasteiger partial charge in [0.05, 0.1) is 0 Å². The lowest BCUT2D eigenvalue weighted by Crippen LogP contribution is -2.00. The summed E-state index contributed by atoms with van der Waals surface area (Å²) in [6, 6.07) is 17.8. The second kappa shape index (κ2) is 5.39. The van der Waals surface area contributed by atoms with Crippen molar-refractivity contribution in [3.8, 4) is 16.9 Å². The second-order valence-corrected chi connectivity index (χ2v) is 3.01. The zero-order chi connectivity index (χ0) is 9.80. The molecule has 2 nitrogen and oxygen atoms in total. The highest BCUT2D eigenvalue weighted by molar-refractivity contribution is 5.85. The smallest absolute Gasteiger partial charge is 0.146 e. The summed E-state index contributed by atoms with van der Waals surface area (Å²) in [4.78, 5) is 4.61. The molecule has 0 bridgehead atoms. The van der Waals surface area contributed by atoms with E-state index in [0.29, 0.717) is 5.75 Å². The van der Waals surface area contributed by atoms with Gasteiger partial charge in [-0.1, -0.05) is 42.5 Å². The molecular weight excluding hydrogens is 210 g/mol. The number of hydrogen-bond acceptors (Lipinski definition) is 2. The monoisotopic (exact) mass is 221 g/mol. The summed E-state index contributed by atoms with van der Waals surface area (Å²) >= 11 is 0. The van der Waals surface area contributed by atoms with E-state index in [1.54, 1.807) is 0 Å². The standard InChI is InChI=1S/C12H11NO.ClH/c13-14-12-8-6-11(7-9-12)10-4-2-1-3-5-10;/h1-9H,13H2;1H. The van der Waals surface area contributed by atoms with Gasteiger partial charge in [0.1, 0.15) is 5.75 Å². The molecule has 2 aromatic carbocycles. The molecule has 0 spiro atoms. The molecule has 0 saturated heterocycles. The topological polar surface area (TPSA) is 35.2 Å². The van der Waals surface area contributed by atoms with Gasteiger partial charge in [-0.2, -0.15) is 5.90 Å². The van der Waals surface area contributed by atoms with Crippen molar-refractivity contribution in [2.45, 2.75) is 0 Å². The van der Waals surface area contributed by atoms with Crippen molar-refractivity contribution in [2.75, 3.05) is 0 Å². The van der Waals surface area contributed by atoms with Gasteiger partial charge in [-0.3, -0.25) is 0 Å². The first kappa shape index (κ1) is 11.6. The van der Waals surface area contributed by atoms with Crippen LogP contribution in [0.2, 0.25) is 0 Å². The summed E-state index contributed by atoms with van der Waals surface area (Å²) in [6.07, 6.45) is 0. The Morgan fingerprint density at radius 3 is 1.80 bits per heavy atom. The Bertz CT molecular complexity index is 400.